The van der Waals surface area contributed by atoms with Gasteiger partial charge in [-0.3, -0.25) is 0 Å². The Morgan fingerprint density at radius 3 is 1.15 bits per heavy atom. The summed E-state index contributed by atoms with van der Waals surface area (Å²) in [6, 6.07) is 17.4. The van der Waals surface area contributed by atoms with E-state index >= 15 is 0 Å². The van der Waals surface area contributed by atoms with Gasteiger partial charge in [0.25, 0.3) is 0 Å². The van der Waals surface area contributed by atoms with Crippen molar-refractivity contribution in [3.8, 4) is 0 Å². The van der Waals surface area contributed by atoms with Crippen molar-refractivity contribution in [1.82, 2.24) is 0 Å². The molecule has 20 heavy (non-hydrogen) atoms. The van der Waals surface area contributed by atoms with Crippen molar-refractivity contribution in [2.45, 2.75) is 47.3 Å². The Balaban J connectivity index is 1.64. The molecule has 0 unspecified atom stereocenters. The van der Waals surface area contributed by atoms with Gasteiger partial charge in [0.05, 0.1) is 0 Å². The number of benzene rings is 2. The van der Waals surface area contributed by atoms with Gasteiger partial charge in [0.1, 0.15) is 0 Å². The molecule has 3 rings (SSSR count). The average molecular weight is 300 g/mol. The number of thiol groups is 2. The third-order valence-electron chi connectivity index (χ3n) is 4.46. The summed E-state index contributed by atoms with van der Waals surface area (Å²) < 4.78 is 0. The molecular weight excluding hydrogens is 280 g/mol. The Hall–Kier alpha value is -0.860. The first kappa shape index (κ1) is 14.1. The molecule has 1 saturated carbocycles. The van der Waals surface area contributed by atoms with Crippen molar-refractivity contribution in [1.29, 1.82) is 0 Å². The van der Waals surface area contributed by atoms with E-state index in [9.17, 15) is 0 Å². The predicted molar refractivity (Wildman–Crippen MR) is 91.3 cm³/mol. The van der Waals surface area contributed by atoms with Crippen LogP contribution in [0, 0.1) is 0 Å². The molecule has 0 nitrogen and oxygen atoms in total. The van der Waals surface area contributed by atoms with Crippen LogP contribution in [-0.4, -0.2) is 0 Å². The van der Waals surface area contributed by atoms with Gasteiger partial charge in [-0.25, -0.2) is 0 Å². The summed E-state index contributed by atoms with van der Waals surface area (Å²) in [4.78, 5) is 2.10. The lowest BCUT2D eigenvalue weighted by Gasteiger charge is -2.29. The number of hydrogen-bond donors (Lipinski definition) is 2. The highest BCUT2D eigenvalue weighted by Gasteiger charge is 2.23. The van der Waals surface area contributed by atoms with Gasteiger partial charge in [-0.1, -0.05) is 24.3 Å². The van der Waals surface area contributed by atoms with Gasteiger partial charge in [0, 0.05) is 9.79 Å². The lowest BCUT2D eigenvalue weighted by atomic mass is 9.76. The molecule has 0 spiro atoms. The maximum Gasteiger partial charge on any atom is 0.00401 e. The minimum atomic E-state index is 0.726. The second-order valence-electron chi connectivity index (χ2n) is 5.73. The Labute approximate surface area is 132 Å². The average Bonchev–Trinajstić information content (AvgIpc) is 2.49. The Morgan fingerprint density at radius 2 is 0.850 bits per heavy atom. The van der Waals surface area contributed by atoms with E-state index in [0.29, 0.717) is 0 Å². The molecule has 0 aromatic heterocycles. The zero-order chi connectivity index (χ0) is 13.9. The summed E-state index contributed by atoms with van der Waals surface area (Å²) in [5.74, 6) is 1.45. The molecule has 0 radical (unpaired) electrons. The molecule has 1 fully saturated rings. The molecule has 0 aliphatic heterocycles. The molecule has 2 aromatic carbocycles. The van der Waals surface area contributed by atoms with Crippen molar-refractivity contribution in [3.05, 3.63) is 59.7 Å². The van der Waals surface area contributed by atoms with E-state index in [4.69, 9.17) is 0 Å². The summed E-state index contributed by atoms with van der Waals surface area (Å²) in [5.41, 5.74) is 2.96. The lowest BCUT2D eigenvalue weighted by Crippen LogP contribution is -2.12. The molecule has 2 heteroatoms. The summed E-state index contributed by atoms with van der Waals surface area (Å²) >= 11 is 8.72. The first-order valence-corrected chi connectivity index (χ1v) is 8.19. The Bertz CT molecular complexity index is 495. The molecule has 0 bridgehead atoms. The van der Waals surface area contributed by atoms with Gasteiger partial charge in [0.2, 0.25) is 0 Å². The summed E-state index contributed by atoms with van der Waals surface area (Å²) in [6.45, 7) is 0. The van der Waals surface area contributed by atoms with Crippen LogP contribution in [0.5, 0.6) is 0 Å². The SMILES string of the molecule is Sc1ccc([C@H]2CC[C@H](c3ccc(S)cc3)CC2)cc1. The topological polar surface area (TPSA) is 0 Å². The van der Waals surface area contributed by atoms with Crippen molar-refractivity contribution in [2.75, 3.05) is 0 Å². The molecule has 1 aliphatic rings. The minimum Gasteiger partial charge on any atom is -0.143 e. The predicted octanol–water partition coefficient (Wildman–Crippen LogP) is 5.71. The van der Waals surface area contributed by atoms with Gasteiger partial charge >= 0.3 is 0 Å². The van der Waals surface area contributed by atoms with Crippen LogP contribution < -0.4 is 0 Å². The fraction of sp³-hybridized carbons (Fsp3) is 0.333. The number of hydrogen-bond acceptors (Lipinski definition) is 2. The van der Waals surface area contributed by atoms with Crippen molar-refractivity contribution < 1.29 is 0 Å². The van der Waals surface area contributed by atoms with Gasteiger partial charge in [-0.15, -0.1) is 25.3 Å². The lowest BCUT2D eigenvalue weighted by molar-refractivity contribution is 0.396. The van der Waals surface area contributed by atoms with Gasteiger partial charge < -0.3 is 0 Å². The van der Waals surface area contributed by atoms with Crippen LogP contribution in [-0.2, 0) is 0 Å². The van der Waals surface area contributed by atoms with E-state index in [1.54, 1.807) is 0 Å². The maximum absolute atomic E-state index is 4.36. The van der Waals surface area contributed by atoms with Crippen LogP contribution >= 0.6 is 25.3 Å². The van der Waals surface area contributed by atoms with Crippen LogP contribution in [0.2, 0.25) is 0 Å². The van der Waals surface area contributed by atoms with Crippen LogP contribution in [0.3, 0.4) is 0 Å². The third-order valence-corrected chi connectivity index (χ3v) is 5.05. The highest BCUT2D eigenvalue weighted by molar-refractivity contribution is 7.80. The van der Waals surface area contributed by atoms with Gasteiger partial charge in [-0.2, -0.15) is 0 Å². The van der Waals surface area contributed by atoms with Gasteiger partial charge in [0.15, 0.2) is 0 Å². The summed E-state index contributed by atoms with van der Waals surface area (Å²) in [6.07, 6.45) is 5.16. The second kappa shape index (κ2) is 6.28. The normalized spacial score (nSPS) is 22.7. The van der Waals surface area contributed by atoms with Crippen LogP contribution in [0.25, 0.3) is 0 Å². The van der Waals surface area contributed by atoms with E-state index in [0.717, 1.165) is 21.6 Å². The Kier molecular flexibility index (Phi) is 4.42. The molecule has 0 saturated heterocycles. The molecule has 1 aliphatic carbocycles. The Morgan fingerprint density at radius 1 is 0.550 bits per heavy atom. The molecule has 104 valence electrons. The first-order valence-electron chi connectivity index (χ1n) is 7.30. The zero-order valence-corrected chi connectivity index (χ0v) is 13.3. The molecule has 2 aromatic rings. The fourth-order valence-electron chi connectivity index (χ4n) is 3.25. The van der Waals surface area contributed by atoms with Crippen LogP contribution in [0.4, 0.5) is 0 Å². The quantitative estimate of drug-likeness (QED) is 0.652. The summed E-state index contributed by atoms with van der Waals surface area (Å²) in [5, 5.41) is 0. The molecule has 0 amide bonds. The van der Waals surface area contributed by atoms with E-state index in [1.165, 1.54) is 36.8 Å². The third kappa shape index (κ3) is 3.24. The maximum atomic E-state index is 4.36. The van der Waals surface area contributed by atoms with E-state index < -0.39 is 0 Å². The standard InChI is InChI=1S/C18H20S2/c19-17-9-5-15(6-10-17)13-1-2-14(4-3-13)16-7-11-18(20)12-8-16/h5-14,19-20H,1-4H2/t13-,14-. The smallest absolute Gasteiger partial charge is 0.00401 e. The largest absolute Gasteiger partial charge is 0.143 e. The fourth-order valence-corrected chi connectivity index (χ4v) is 3.55. The van der Waals surface area contributed by atoms with E-state index in [1.807, 2.05) is 0 Å². The van der Waals surface area contributed by atoms with Crippen molar-refractivity contribution in [3.63, 3.8) is 0 Å². The number of rotatable bonds is 2. The monoisotopic (exact) mass is 300 g/mol. The minimum absolute atomic E-state index is 0.726. The van der Waals surface area contributed by atoms with Crippen LogP contribution in [0.15, 0.2) is 58.3 Å². The summed E-state index contributed by atoms with van der Waals surface area (Å²) in [7, 11) is 0. The van der Waals surface area contributed by atoms with E-state index in [-0.39, 0.29) is 0 Å². The first-order chi connectivity index (χ1) is 9.72. The van der Waals surface area contributed by atoms with Crippen molar-refractivity contribution in [2.24, 2.45) is 0 Å². The molecule has 0 atom stereocenters. The second-order valence-corrected chi connectivity index (χ2v) is 6.76. The molecule has 0 N–H and O–H groups in total. The van der Waals surface area contributed by atoms with Crippen LogP contribution in [0.1, 0.15) is 48.6 Å². The highest BCUT2D eigenvalue weighted by Crippen LogP contribution is 2.40. The molecule has 0 heterocycles. The van der Waals surface area contributed by atoms with Crippen molar-refractivity contribution >= 4 is 25.3 Å². The highest BCUT2D eigenvalue weighted by atomic mass is 32.1. The van der Waals surface area contributed by atoms with E-state index in [2.05, 4.69) is 73.8 Å². The van der Waals surface area contributed by atoms with Gasteiger partial charge in [-0.05, 0) is 72.9 Å². The molecular formula is C18H20S2. The zero-order valence-electron chi connectivity index (χ0n) is 11.5.